The molecule has 0 unspecified atom stereocenters. The van der Waals surface area contributed by atoms with Gasteiger partial charge in [-0.3, -0.25) is 4.79 Å². The summed E-state index contributed by atoms with van der Waals surface area (Å²) in [6.07, 6.45) is 8.30. The van der Waals surface area contributed by atoms with Crippen LogP contribution in [0, 0.1) is 13.8 Å². The van der Waals surface area contributed by atoms with Crippen LogP contribution in [0.5, 0.6) is 0 Å². The van der Waals surface area contributed by atoms with Crippen molar-refractivity contribution in [3.8, 4) is 0 Å². The molecule has 0 aromatic carbocycles. The lowest BCUT2D eigenvalue weighted by molar-refractivity contribution is -0.118. The van der Waals surface area contributed by atoms with Crippen molar-refractivity contribution in [3.63, 3.8) is 0 Å². The number of amides is 1. The van der Waals surface area contributed by atoms with Gasteiger partial charge in [-0.1, -0.05) is 23.4 Å². The van der Waals surface area contributed by atoms with E-state index in [4.69, 9.17) is 0 Å². The van der Waals surface area contributed by atoms with Gasteiger partial charge in [0.05, 0.1) is 5.75 Å². The van der Waals surface area contributed by atoms with Crippen LogP contribution >= 0.6 is 11.8 Å². The Kier molecular flexibility index (Phi) is 6.23. The fourth-order valence-corrected chi connectivity index (χ4v) is 3.21. The third-order valence-corrected chi connectivity index (χ3v) is 4.29. The Hall–Kier alpha value is -1.36. The minimum atomic E-state index is 0.0548. The van der Waals surface area contributed by atoms with E-state index in [-0.39, 0.29) is 5.91 Å². The maximum atomic E-state index is 11.8. The van der Waals surface area contributed by atoms with Gasteiger partial charge in [0, 0.05) is 17.9 Å². The smallest absolute Gasteiger partial charge is 0.230 e. The Morgan fingerprint density at radius 3 is 2.71 bits per heavy atom. The Labute approximate surface area is 130 Å². The number of hydrogen-bond donors (Lipinski definition) is 1. The molecule has 1 aliphatic carbocycles. The number of rotatable bonds is 6. The summed E-state index contributed by atoms with van der Waals surface area (Å²) in [5.41, 5.74) is 3.37. The van der Waals surface area contributed by atoms with E-state index < -0.39 is 0 Å². The summed E-state index contributed by atoms with van der Waals surface area (Å²) in [6, 6.07) is 1.93. The van der Waals surface area contributed by atoms with E-state index in [0.717, 1.165) is 24.4 Å². The number of allylic oxidation sites excluding steroid dienone is 1. The van der Waals surface area contributed by atoms with Gasteiger partial charge in [-0.05, 0) is 52.0 Å². The Bertz CT molecular complexity index is 508. The predicted molar refractivity (Wildman–Crippen MR) is 86.4 cm³/mol. The van der Waals surface area contributed by atoms with Crippen LogP contribution in [0.2, 0.25) is 0 Å². The lowest BCUT2D eigenvalue weighted by atomic mass is 9.97. The van der Waals surface area contributed by atoms with Gasteiger partial charge in [0.1, 0.15) is 0 Å². The topological polar surface area (TPSA) is 54.9 Å². The van der Waals surface area contributed by atoms with E-state index in [1.54, 1.807) is 0 Å². The second kappa shape index (κ2) is 8.17. The lowest BCUT2D eigenvalue weighted by Gasteiger charge is -2.12. The molecule has 5 heteroatoms. The first-order chi connectivity index (χ1) is 10.1. The highest BCUT2D eigenvalue weighted by molar-refractivity contribution is 7.99. The Morgan fingerprint density at radius 1 is 1.29 bits per heavy atom. The average Bonchev–Trinajstić information content (AvgIpc) is 2.45. The summed E-state index contributed by atoms with van der Waals surface area (Å²) in [7, 11) is 0. The zero-order valence-corrected chi connectivity index (χ0v) is 13.6. The molecule has 21 heavy (non-hydrogen) atoms. The number of hydrogen-bond acceptors (Lipinski definition) is 4. The molecular formula is C16H23N3OS. The number of thioether (sulfide) groups is 1. The third-order valence-electron chi connectivity index (χ3n) is 3.45. The fraction of sp³-hybridized carbons (Fsp3) is 0.562. The quantitative estimate of drug-likeness (QED) is 0.498. The number of carbonyl (C=O) groups excluding carboxylic acids is 1. The van der Waals surface area contributed by atoms with Gasteiger partial charge < -0.3 is 5.32 Å². The van der Waals surface area contributed by atoms with Crippen LogP contribution in [0.15, 0.2) is 22.9 Å². The molecule has 1 amide bonds. The molecule has 0 spiro atoms. The van der Waals surface area contributed by atoms with Gasteiger partial charge >= 0.3 is 0 Å². The van der Waals surface area contributed by atoms with Gasteiger partial charge in [-0.15, -0.1) is 0 Å². The molecule has 2 rings (SSSR count). The van der Waals surface area contributed by atoms with Crippen LogP contribution < -0.4 is 5.32 Å². The van der Waals surface area contributed by atoms with E-state index >= 15 is 0 Å². The molecule has 1 aliphatic rings. The molecule has 1 aromatic rings. The fourth-order valence-electron chi connectivity index (χ4n) is 2.43. The van der Waals surface area contributed by atoms with Crippen molar-refractivity contribution >= 4 is 17.7 Å². The average molecular weight is 305 g/mol. The molecule has 114 valence electrons. The van der Waals surface area contributed by atoms with Crippen molar-refractivity contribution in [1.82, 2.24) is 15.3 Å². The zero-order chi connectivity index (χ0) is 15.1. The predicted octanol–water partition coefficient (Wildman–Crippen LogP) is 3.19. The van der Waals surface area contributed by atoms with E-state index in [1.807, 2.05) is 19.9 Å². The van der Waals surface area contributed by atoms with Gasteiger partial charge in [0.2, 0.25) is 5.91 Å². The molecule has 1 N–H and O–H groups in total. The van der Waals surface area contributed by atoms with Crippen LogP contribution in [0.4, 0.5) is 0 Å². The summed E-state index contributed by atoms with van der Waals surface area (Å²) in [5, 5.41) is 3.65. The van der Waals surface area contributed by atoms with Gasteiger partial charge in [0.15, 0.2) is 5.16 Å². The number of nitrogens with zero attached hydrogens (tertiary/aromatic N) is 2. The van der Waals surface area contributed by atoms with Crippen LogP contribution in [0.3, 0.4) is 0 Å². The highest BCUT2D eigenvalue weighted by Gasteiger charge is 2.07. The zero-order valence-electron chi connectivity index (χ0n) is 12.8. The number of carbonyl (C=O) groups is 1. The Morgan fingerprint density at radius 2 is 2.05 bits per heavy atom. The first-order valence-electron chi connectivity index (χ1n) is 7.53. The van der Waals surface area contributed by atoms with Gasteiger partial charge in [0.25, 0.3) is 0 Å². The van der Waals surface area contributed by atoms with E-state index in [9.17, 15) is 4.79 Å². The minimum absolute atomic E-state index is 0.0548. The molecule has 0 bridgehead atoms. The highest BCUT2D eigenvalue weighted by atomic mass is 32.2. The molecule has 0 radical (unpaired) electrons. The van der Waals surface area contributed by atoms with Crippen LogP contribution in [-0.4, -0.2) is 28.2 Å². The summed E-state index contributed by atoms with van der Waals surface area (Å²) < 4.78 is 0. The summed E-state index contributed by atoms with van der Waals surface area (Å²) in [4.78, 5) is 20.5. The van der Waals surface area contributed by atoms with E-state index in [1.165, 1.54) is 43.0 Å². The maximum absolute atomic E-state index is 11.8. The number of nitrogens with one attached hydrogen (secondary N) is 1. The first-order valence-corrected chi connectivity index (χ1v) is 8.52. The SMILES string of the molecule is Cc1cc(C)nc(SCC(=O)NCCC2=CCCCC2)n1. The molecule has 0 aliphatic heterocycles. The molecule has 1 aromatic heterocycles. The second-order valence-electron chi connectivity index (χ2n) is 5.43. The van der Waals surface area contributed by atoms with E-state index in [0.29, 0.717) is 10.9 Å². The Balaban J connectivity index is 1.68. The van der Waals surface area contributed by atoms with Crippen molar-refractivity contribution in [3.05, 3.63) is 29.1 Å². The second-order valence-corrected chi connectivity index (χ2v) is 6.37. The normalized spacial score (nSPS) is 14.7. The number of aryl methyl sites for hydroxylation is 2. The van der Waals surface area contributed by atoms with Crippen LogP contribution in [0.25, 0.3) is 0 Å². The summed E-state index contributed by atoms with van der Waals surface area (Å²) in [6.45, 7) is 4.62. The van der Waals surface area contributed by atoms with Crippen LogP contribution in [0.1, 0.15) is 43.5 Å². The van der Waals surface area contributed by atoms with Crippen molar-refractivity contribution in [2.24, 2.45) is 0 Å². The molecule has 0 fully saturated rings. The number of aromatic nitrogens is 2. The monoisotopic (exact) mass is 305 g/mol. The minimum Gasteiger partial charge on any atom is -0.355 e. The van der Waals surface area contributed by atoms with Crippen molar-refractivity contribution in [1.29, 1.82) is 0 Å². The van der Waals surface area contributed by atoms with Crippen LogP contribution in [-0.2, 0) is 4.79 Å². The summed E-state index contributed by atoms with van der Waals surface area (Å²) in [5.74, 6) is 0.432. The maximum Gasteiger partial charge on any atom is 0.230 e. The van der Waals surface area contributed by atoms with Gasteiger partial charge in [-0.2, -0.15) is 0 Å². The van der Waals surface area contributed by atoms with Crippen molar-refractivity contribution in [2.75, 3.05) is 12.3 Å². The molecule has 1 heterocycles. The van der Waals surface area contributed by atoms with Gasteiger partial charge in [-0.25, -0.2) is 9.97 Å². The summed E-state index contributed by atoms with van der Waals surface area (Å²) >= 11 is 1.39. The molecule has 4 nitrogen and oxygen atoms in total. The molecular weight excluding hydrogens is 282 g/mol. The third kappa shape index (κ3) is 5.87. The lowest BCUT2D eigenvalue weighted by Crippen LogP contribution is -2.26. The molecule has 0 saturated carbocycles. The van der Waals surface area contributed by atoms with Crippen molar-refractivity contribution < 1.29 is 4.79 Å². The molecule has 0 atom stereocenters. The standard InChI is InChI=1S/C16H23N3OS/c1-12-10-13(2)19-16(18-12)21-11-15(20)17-9-8-14-6-4-3-5-7-14/h6,10H,3-5,7-9,11H2,1-2H3,(H,17,20). The first kappa shape index (κ1) is 16.0. The molecule has 0 saturated heterocycles. The van der Waals surface area contributed by atoms with E-state index in [2.05, 4.69) is 21.4 Å². The van der Waals surface area contributed by atoms with Crippen molar-refractivity contribution in [2.45, 2.75) is 51.1 Å². The highest BCUT2D eigenvalue weighted by Crippen LogP contribution is 2.19. The largest absolute Gasteiger partial charge is 0.355 e.